The molecule has 26 heavy (non-hydrogen) atoms. The van der Waals surface area contributed by atoms with Crippen molar-refractivity contribution in [1.82, 2.24) is 0 Å². The standard InChI is InChI=1S/C17H18BrN3O4S/c1-26(24,25)17-10-15(21(22)23)6-7-16(17)19-13-8-9-20(11-13)14-4-2-12(18)3-5-14/h2-7,10,13,19H,8-9,11H2,1H3. The summed E-state index contributed by atoms with van der Waals surface area (Å²) in [5.41, 5.74) is 1.27. The number of nitrogens with one attached hydrogen (secondary N) is 1. The highest BCUT2D eigenvalue weighted by molar-refractivity contribution is 9.10. The topological polar surface area (TPSA) is 92.5 Å². The number of hydrogen-bond acceptors (Lipinski definition) is 6. The lowest BCUT2D eigenvalue weighted by atomic mass is 10.2. The number of halogens is 1. The zero-order chi connectivity index (χ0) is 18.9. The second kappa shape index (κ2) is 7.24. The Morgan fingerprint density at radius 3 is 2.54 bits per heavy atom. The van der Waals surface area contributed by atoms with Gasteiger partial charge in [0, 0.05) is 47.7 Å². The van der Waals surface area contributed by atoms with Gasteiger partial charge in [-0.2, -0.15) is 0 Å². The zero-order valence-electron chi connectivity index (χ0n) is 14.1. The van der Waals surface area contributed by atoms with E-state index in [2.05, 4.69) is 26.1 Å². The zero-order valence-corrected chi connectivity index (χ0v) is 16.5. The number of sulfone groups is 1. The molecule has 1 aliphatic rings. The minimum Gasteiger partial charge on any atom is -0.379 e. The molecule has 1 fully saturated rings. The molecule has 1 heterocycles. The Morgan fingerprint density at radius 2 is 1.92 bits per heavy atom. The Labute approximate surface area is 160 Å². The first-order valence-corrected chi connectivity index (χ1v) is 10.7. The fraction of sp³-hybridized carbons (Fsp3) is 0.294. The summed E-state index contributed by atoms with van der Waals surface area (Å²) < 4.78 is 25.1. The first-order chi connectivity index (χ1) is 12.2. The van der Waals surface area contributed by atoms with Crippen molar-refractivity contribution in [3.05, 3.63) is 57.1 Å². The average Bonchev–Trinajstić information content (AvgIpc) is 3.03. The highest BCUT2D eigenvalue weighted by Crippen LogP contribution is 2.29. The van der Waals surface area contributed by atoms with Crippen LogP contribution in [0.2, 0.25) is 0 Å². The quantitative estimate of drug-likeness (QED) is 0.566. The van der Waals surface area contributed by atoms with E-state index in [1.807, 2.05) is 24.3 Å². The predicted molar refractivity (Wildman–Crippen MR) is 105 cm³/mol. The Kier molecular flexibility index (Phi) is 5.19. The third kappa shape index (κ3) is 4.16. The van der Waals surface area contributed by atoms with Crippen LogP contribution in [0.25, 0.3) is 0 Å². The van der Waals surface area contributed by atoms with E-state index in [0.29, 0.717) is 5.69 Å². The van der Waals surface area contributed by atoms with Gasteiger partial charge in [0.05, 0.1) is 15.5 Å². The fourth-order valence-electron chi connectivity index (χ4n) is 3.04. The normalized spacial score (nSPS) is 17.3. The van der Waals surface area contributed by atoms with Crippen LogP contribution in [0, 0.1) is 10.1 Å². The summed E-state index contributed by atoms with van der Waals surface area (Å²) in [6, 6.07) is 12.0. The maximum Gasteiger partial charge on any atom is 0.270 e. The van der Waals surface area contributed by atoms with E-state index in [4.69, 9.17) is 0 Å². The van der Waals surface area contributed by atoms with Crippen LogP contribution in [0.1, 0.15) is 6.42 Å². The van der Waals surface area contributed by atoms with E-state index >= 15 is 0 Å². The van der Waals surface area contributed by atoms with Crippen molar-refractivity contribution >= 4 is 42.8 Å². The number of nitro groups is 1. The molecule has 0 radical (unpaired) electrons. The molecule has 0 saturated carbocycles. The molecule has 0 amide bonds. The van der Waals surface area contributed by atoms with E-state index in [1.54, 1.807) is 0 Å². The minimum atomic E-state index is -3.59. The van der Waals surface area contributed by atoms with Crippen molar-refractivity contribution in [3.8, 4) is 0 Å². The lowest BCUT2D eigenvalue weighted by Gasteiger charge is -2.20. The van der Waals surface area contributed by atoms with Crippen LogP contribution >= 0.6 is 15.9 Å². The molecule has 138 valence electrons. The van der Waals surface area contributed by atoms with E-state index in [-0.39, 0.29) is 16.6 Å². The van der Waals surface area contributed by atoms with Crippen LogP contribution in [0.15, 0.2) is 51.8 Å². The summed E-state index contributed by atoms with van der Waals surface area (Å²) in [6.07, 6.45) is 1.90. The molecule has 0 bridgehead atoms. The van der Waals surface area contributed by atoms with Crippen LogP contribution in [0.3, 0.4) is 0 Å². The Bertz CT molecular complexity index is 932. The van der Waals surface area contributed by atoms with Gasteiger partial charge in [-0.15, -0.1) is 0 Å². The van der Waals surface area contributed by atoms with Crippen LogP contribution in [0.4, 0.5) is 17.1 Å². The molecule has 1 atom stereocenters. The number of nitro benzene ring substituents is 1. The maximum absolute atomic E-state index is 12.0. The Hall–Kier alpha value is -2.13. The SMILES string of the molecule is CS(=O)(=O)c1cc([N+](=O)[O-])ccc1NC1CCN(c2ccc(Br)cc2)C1. The van der Waals surface area contributed by atoms with Crippen molar-refractivity contribution in [1.29, 1.82) is 0 Å². The number of benzene rings is 2. The number of nitrogens with zero attached hydrogens (tertiary/aromatic N) is 2. The van der Waals surface area contributed by atoms with E-state index < -0.39 is 14.8 Å². The van der Waals surface area contributed by atoms with Gasteiger partial charge < -0.3 is 10.2 Å². The molecule has 2 aromatic carbocycles. The van der Waals surface area contributed by atoms with Crippen LogP contribution in [-0.2, 0) is 9.84 Å². The molecule has 3 rings (SSSR count). The monoisotopic (exact) mass is 439 g/mol. The van der Waals surface area contributed by atoms with Gasteiger partial charge in [-0.3, -0.25) is 10.1 Å². The molecule has 0 aliphatic carbocycles. The number of anilines is 2. The van der Waals surface area contributed by atoms with Crippen molar-refractivity contribution in [2.75, 3.05) is 29.6 Å². The van der Waals surface area contributed by atoms with Gasteiger partial charge >= 0.3 is 0 Å². The average molecular weight is 440 g/mol. The van der Waals surface area contributed by atoms with E-state index in [0.717, 1.165) is 42.0 Å². The van der Waals surface area contributed by atoms with Gasteiger partial charge in [-0.25, -0.2) is 8.42 Å². The molecular formula is C17H18BrN3O4S. The van der Waals surface area contributed by atoms with Crippen molar-refractivity contribution in [2.45, 2.75) is 17.4 Å². The second-order valence-corrected chi connectivity index (χ2v) is 9.16. The molecule has 1 unspecified atom stereocenters. The molecule has 7 nitrogen and oxygen atoms in total. The molecule has 1 aliphatic heterocycles. The second-order valence-electron chi connectivity index (χ2n) is 6.26. The van der Waals surface area contributed by atoms with Crippen LogP contribution < -0.4 is 10.2 Å². The first-order valence-electron chi connectivity index (χ1n) is 7.99. The molecule has 2 aromatic rings. The summed E-state index contributed by atoms with van der Waals surface area (Å²) in [5, 5.41) is 14.2. The minimum absolute atomic E-state index is 0.0474. The summed E-state index contributed by atoms with van der Waals surface area (Å²) in [4.78, 5) is 12.5. The maximum atomic E-state index is 12.0. The molecule has 0 aromatic heterocycles. The van der Waals surface area contributed by atoms with E-state index in [1.165, 1.54) is 12.1 Å². The summed E-state index contributed by atoms with van der Waals surface area (Å²) in [7, 11) is -3.59. The number of hydrogen-bond donors (Lipinski definition) is 1. The van der Waals surface area contributed by atoms with Gasteiger partial charge in [0.2, 0.25) is 0 Å². The summed E-state index contributed by atoms with van der Waals surface area (Å²) in [6.45, 7) is 1.57. The number of non-ortho nitro benzene ring substituents is 1. The molecule has 1 N–H and O–H groups in total. The van der Waals surface area contributed by atoms with Gasteiger partial charge in [0.1, 0.15) is 0 Å². The smallest absolute Gasteiger partial charge is 0.270 e. The molecule has 9 heteroatoms. The van der Waals surface area contributed by atoms with Crippen molar-refractivity contribution in [2.24, 2.45) is 0 Å². The summed E-state index contributed by atoms with van der Waals surface area (Å²) >= 11 is 3.42. The molecule has 1 saturated heterocycles. The van der Waals surface area contributed by atoms with Crippen LogP contribution in [0.5, 0.6) is 0 Å². The van der Waals surface area contributed by atoms with Crippen molar-refractivity contribution < 1.29 is 13.3 Å². The number of rotatable bonds is 5. The van der Waals surface area contributed by atoms with Gasteiger partial charge in [0.15, 0.2) is 9.84 Å². The lowest BCUT2D eigenvalue weighted by Crippen LogP contribution is -2.26. The van der Waals surface area contributed by atoms with Crippen molar-refractivity contribution in [3.63, 3.8) is 0 Å². The third-order valence-electron chi connectivity index (χ3n) is 4.32. The predicted octanol–water partition coefficient (Wildman–Crippen LogP) is 3.45. The molecule has 0 spiro atoms. The highest BCUT2D eigenvalue weighted by Gasteiger charge is 2.25. The highest BCUT2D eigenvalue weighted by atomic mass is 79.9. The van der Waals surface area contributed by atoms with E-state index in [9.17, 15) is 18.5 Å². The Balaban J connectivity index is 1.79. The Morgan fingerprint density at radius 1 is 1.23 bits per heavy atom. The fourth-order valence-corrected chi connectivity index (χ4v) is 4.16. The molecular weight excluding hydrogens is 422 g/mol. The van der Waals surface area contributed by atoms with Gasteiger partial charge in [-0.05, 0) is 36.8 Å². The summed E-state index contributed by atoms with van der Waals surface area (Å²) in [5.74, 6) is 0. The third-order valence-corrected chi connectivity index (χ3v) is 5.98. The van der Waals surface area contributed by atoms with Gasteiger partial charge in [0.25, 0.3) is 5.69 Å². The van der Waals surface area contributed by atoms with Crippen LogP contribution in [-0.4, -0.2) is 38.7 Å². The first kappa shape index (κ1) is 18.7. The largest absolute Gasteiger partial charge is 0.379 e. The lowest BCUT2D eigenvalue weighted by molar-refractivity contribution is -0.385. The van der Waals surface area contributed by atoms with Gasteiger partial charge in [-0.1, -0.05) is 15.9 Å².